The Labute approximate surface area is 306 Å². The second-order valence-electron chi connectivity index (χ2n) is 16.3. The Bertz CT molecular complexity index is 2110. The quantitative estimate of drug-likeness (QED) is 0.181. The highest BCUT2D eigenvalue weighted by Gasteiger charge is 2.63. The second kappa shape index (κ2) is 12.5. The molecule has 0 spiro atoms. The summed E-state index contributed by atoms with van der Waals surface area (Å²) in [7, 11) is 6.98. The first-order valence-electron chi connectivity index (χ1n) is 19.3. The molecule has 10 rings (SSSR count). The molecule has 6 heterocycles. The van der Waals surface area contributed by atoms with Crippen LogP contribution in [0.1, 0.15) is 73.5 Å². The van der Waals surface area contributed by atoms with Gasteiger partial charge >= 0.3 is 11.9 Å². The summed E-state index contributed by atoms with van der Waals surface area (Å²) in [6, 6.07) is 13.0. The zero-order valence-corrected chi connectivity index (χ0v) is 31.4. The van der Waals surface area contributed by atoms with E-state index >= 15 is 0 Å². The van der Waals surface area contributed by atoms with E-state index in [0.29, 0.717) is 18.3 Å². The molecule has 52 heavy (non-hydrogen) atoms. The number of para-hydroxylation sites is 1. The minimum atomic E-state index is -0.756. The molecule has 2 unspecified atom stereocenters. The number of carbonyl (C=O) groups excluding carboxylic acids is 2. The Morgan fingerprint density at radius 2 is 1.85 bits per heavy atom. The molecule has 4 aliphatic heterocycles. The third-order valence-corrected chi connectivity index (χ3v) is 14.2. The third-order valence-electron chi connectivity index (χ3n) is 14.2. The van der Waals surface area contributed by atoms with Gasteiger partial charge in [-0.25, -0.2) is 0 Å². The minimum Gasteiger partial charge on any atom is -0.496 e. The largest absolute Gasteiger partial charge is 0.496 e. The lowest BCUT2D eigenvalue weighted by atomic mass is 9.56. The van der Waals surface area contributed by atoms with Gasteiger partial charge in [0.25, 0.3) is 0 Å². The van der Waals surface area contributed by atoms with Crippen molar-refractivity contribution in [2.45, 2.75) is 75.8 Å². The summed E-state index contributed by atoms with van der Waals surface area (Å²) in [5.74, 6) is 0.960. The third kappa shape index (κ3) is 4.60. The van der Waals surface area contributed by atoms with Crippen LogP contribution in [0.25, 0.3) is 21.8 Å². The lowest BCUT2D eigenvalue weighted by Gasteiger charge is -2.57. The van der Waals surface area contributed by atoms with E-state index in [0.717, 1.165) is 78.7 Å². The van der Waals surface area contributed by atoms with Crippen LogP contribution in [0.15, 0.2) is 48.0 Å². The van der Waals surface area contributed by atoms with Crippen molar-refractivity contribution in [1.82, 2.24) is 19.8 Å². The van der Waals surface area contributed by atoms with Gasteiger partial charge in [0.05, 0.1) is 32.8 Å². The number of methoxy groups -OCH3 is 3. The van der Waals surface area contributed by atoms with Crippen molar-refractivity contribution in [2.24, 2.45) is 23.7 Å². The molecule has 0 radical (unpaired) electrons. The molecule has 4 fully saturated rings. The van der Waals surface area contributed by atoms with E-state index in [1.54, 1.807) is 14.2 Å². The molecule has 274 valence electrons. The van der Waals surface area contributed by atoms with E-state index < -0.39 is 5.41 Å². The van der Waals surface area contributed by atoms with Crippen molar-refractivity contribution >= 4 is 33.7 Å². The van der Waals surface area contributed by atoms with Crippen LogP contribution in [0, 0.1) is 23.7 Å². The number of aromatic amines is 2. The SMILES string of the molecule is C/C=C1/CN(C)[C@H]2Cc3c([nH]c4ccccc34)C(c3c(OC)ccc4c5c([nH]c34)[C@]3(C(=O)OC)C[C@@H]4C[C@H](CC)[C@@H]3N(CC5)C4)C[C@H]1[C@@H]2C(=O)OC. The number of fused-ring (bicyclic) bond motifs is 9. The molecule has 9 atom stereocenters. The summed E-state index contributed by atoms with van der Waals surface area (Å²) in [5, 5.41) is 2.35. The van der Waals surface area contributed by atoms with Crippen LogP contribution >= 0.6 is 0 Å². The molecule has 2 aromatic carbocycles. The number of nitrogens with one attached hydrogen (secondary N) is 2. The molecule has 2 N–H and O–H groups in total. The van der Waals surface area contributed by atoms with Crippen LogP contribution in [0.2, 0.25) is 0 Å². The van der Waals surface area contributed by atoms with Crippen molar-refractivity contribution < 1.29 is 23.8 Å². The number of piperidine rings is 3. The number of benzene rings is 2. The number of carbonyl (C=O) groups is 2. The number of rotatable bonds is 5. The van der Waals surface area contributed by atoms with Crippen LogP contribution in [0.5, 0.6) is 5.75 Å². The Balaban J connectivity index is 1.32. The van der Waals surface area contributed by atoms with E-state index in [4.69, 9.17) is 14.2 Å². The first-order chi connectivity index (χ1) is 25.3. The van der Waals surface area contributed by atoms with Gasteiger partial charge in [-0.05, 0) is 93.2 Å². The molecule has 3 saturated heterocycles. The van der Waals surface area contributed by atoms with E-state index in [2.05, 4.69) is 83.1 Å². The van der Waals surface area contributed by atoms with Crippen molar-refractivity contribution in [1.29, 1.82) is 0 Å². The zero-order chi connectivity index (χ0) is 36.1. The first kappa shape index (κ1) is 33.7. The predicted octanol–water partition coefficient (Wildman–Crippen LogP) is 6.49. The molecule has 6 bridgehead atoms. The zero-order valence-electron chi connectivity index (χ0n) is 31.4. The fraction of sp³-hybridized carbons (Fsp3) is 0.535. The number of hydrogen-bond donors (Lipinski definition) is 2. The van der Waals surface area contributed by atoms with Crippen LogP contribution in [0.4, 0.5) is 0 Å². The molecule has 1 saturated carbocycles. The van der Waals surface area contributed by atoms with Crippen molar-refractivity contribution in [3.63, 3.8) is 0 Å². The van der Waals surface area contributed by atoms with Gasteiger partial charge < -0.3 is 24.2 Å². The highest BCUT2D eigenvalue weighted by Crippen LogP contribution is 2.57. The average molecular weight is 705 g/mol. The number of H-pyrrole nitrogens is 2. The maximum Gasteiger partial charge on any atom is 0.319 e. The maximum absolute atomic E-state index is 14.4. The fourth-order valence-electron chi connectivity index (χ4n) is 12.1. The Kier molecular flexibility index (Phi) is 8.12. The van der Waals surface area contributed by atoms with Crippen LogP contribution in [0.3, 0.4) is 0 Å². The summed E-state index contributed by atoms with van der Waals surface area (Å²) in [6.07, 6.45) is 7.53. The fourth-order valence-corrected chi connectivity index (χ4v) is 12.1. The lowest BCUT2D eigenvalue weighted by molar-refractivity contribution is -0.162. The standard InChI is InChI=1S/C43H52N4O5/c1-7-24-17-23-20-43(42(49)52-6)39-28(15-16-47(21-23)40(24)43)27-13-14-34(50-4)36(38(27)45-39)31-18-29-25(8-2)22-46(3)33(35(29)41(48)51-5)19-30-26-11-9-10-12-32(26)44-37(30)31/h8-14,23-24,29,31,33,35,40,44-45H,7,15-22H2,1-6H3/b25-8-/t23-,24-,29+,31?,33-,35-,40-,43+/m0/s1. The van der Waals surface area contributed by atoms with Gasteiger partial charge in [-0.15, -0.1) is 0 Å². The van der Waals surface area contributed by atoms with E-state index in [9.17, 15) is 9.59 Å². The molecule has 9 nitrogen and oxygen atoms in total. The molecule has 9 heteroatoms. The van der Waals surface area contributed by atoms with Crippen molar-refractivity contribution in [2.75, 3.05) is 48.0 Å². The number of hydrogen-bond acceptors (Lipinski definition) is 7. The summed E-state index contributed by atoms with van der Waals surface area (Å²) in [6.45, 7) is 7.16. The topological polar surface area (TPSA) is 99.9 Å². The number of likely N-dealkylation sites (N-methyl/N-ethyl adjacent to an activating group) is 1. The van der Waals surface area contributed by atoms with Gasteiger partial charge in [0.2, 0.25) is 0 Å². The minimum absolute atomic E-state index is 0.00427. The maximum atomic E-state index is 14.4. The molecule has 2 aliphatic carbocycles. The highest BCUT2D eigenvalue weighted by molar-refractivity contribution is 5.95. The molecule has 2 aromatic heterocycles. The van der Waals surface area contributed by atoms with Crippen LogP contribution in [-0.2, 0) is 37.3 Å². The number of allylic oxidation sites excluding steroid dienone is 1. The number of nitrogens with zero attached hydrogens (tertiary/aromatic N) is 2. The molecular formula is C43H52N4O5. The number of likely N-dealkylation sites (tertiary alicyclic amines) is 1. The Hall–Kier alpha value is -4.08. The molecule has 4 aromatic rings. The Morgan fingerprint density at radius 1 is 1.02 bits per heavy atom. The number of ether oxygens (including phenoxy) is 3. The van der Waals surface area contributed by atoms with Gasteiger partial charge in [-0.1, -0.05) is 43.2 Å². The van der Waals surface area contributed by atoms with E-state index in [1.807, 2.05) is 0 Å². The van der Waals surface area contributed by atoms with Crippen molar-refractivity contribution in [3.8, 4) is 5.75 Å². The van der Waals surface area contributed by atoms with Crippen LogP contribution in [-0.4, -0.2) is 91.8 Å². The van der Waals surface area contributed by atoms with E-state index in [-0.39, 0.29) is 41.8 Å². The van der Waals surface area contributed by atoms with Gasteiger partial charge in [0.15, 0.2) is 0 Å². The number of esters is 2. The predicted molar refractivity (Wildman–Crippen MR) is 202 cm³/mol. The van der Waals surface area contributed by atoms with Gasteiger partial charge in [0.1, 0.15) is 11.2 Å². The summed E-state index contributed by atoms with van der Waals surface area (Å²) in [5.41, 5.74) is 8.43. The van der Waals surface area contributed by atoms with Crippen molar-refractivity contribution in [3.05, 3.63) is 76.1 Å². The van der Waals surface area contributed by atoms with Crippen LogP contribution < -0.4 is 4.74 Å². The first-order valence-corrected chi connectivity index (χ1v) is 19.3. The normalized spacial score (nSPS) is 33.2. The average Bonchev–Trinajstić information content (AvgIpc) is 3.70. The molecule has 6 aliphatic rings. The number of aromatic nitrogens is 2. The summed E-state index contributed by atoms with van der Waals surface area (Å²) in [4.78, 5) is 41.2. The Morgan fingerprint density at radius 3 is 2.60 bits per heavy atom. The lowest BCUT2D eigenvalue weighted by Crippen LogP contribution is -2.67. The molecule has 0 amide bonds. The molecular weight excluding hydrogens is 652 g/mol. The van der Waals surface area contributed by atoms with E-state index in [1.165, 1.54) is 41.3 Å². The highest BCUT2D eigenvalue weighted by atomic mass is 16.5. The van der Waals surface area contributed by atoms with Gasteiger partial charge in [0, 0.05) is 70.9 Å². The van der Waals surface area contributed by atoms with Gasteiger partial charge in [-0.2, -0.15) is 0 Å². The summed E-state index contributed by atoms with van der Waals surface area (Å²) < 4.78 is 17.7. The monoisotopic (exact) mass is 704 g/mol. The van der Waals surface area contributed by atoms with Gasteiger partial charge in [-0.3, -0.25) is 19.4 Å². The smallest absolute Gasteiger partial charge is 0.319 e. The summed E-state index contributed by atoms with van der Waals surface area (Å²) >= 11 is 0. The second-order valence-corrected chi connectivity index (χ2v) is 16.3.